The molecule has 2 rings (SSSR count). The van der Waals surface area contributed by atoms with Gasteiger partial charge in [0.05, 0.1) is 13.2 Å². The van der Waals surface area contributed by atoms with Crippen LogP contribution in [0.25, 0.3) is 0 Å². The second-order valence-corrected chi connectivity index (χ2v) is 5.98. The van der Waals surface area contributed by atoms with Crippen LogP contribution in [0.3, 0.4) is 0 Å². The minimum atomic E-state index is -0.781. The number of rotatable bonds is 6. The van der Waals surface area contributed by atoms with E-state index in [1.165, 1.54) is 26.2 Å². The van der Waals surface area contributed by atoms with Gasteiger partial charge in [-0.1, -0.05) is 0 Å². The van der Waals surface area contributed by atoms with Crippen LogP contribution in [-0.4, -0.2) is 25.0 Å². The van der Waals surface area contributed by atoms with Crippen molar-refractivity contribution in [2.75, 3.05) is 12.4 Å². The molecule has 0 spiro atoms. The van der Waals surface area contributed by atoms with Crippen molar-refractivity contribution in [3.05, 3.63) is 52.8 Å². The number of ether oxygens (including phenoxy) is 2. The van der Waals surface area contributed by atoms with Gasteiger partial charge in [0.15, 0.2) is 11.5 Å². The van der Waals surface area contributed by atoms with Crippen LogP contribution < -0.4 is 20.5 Å². The Kier molecular flexibility index (Phi) is 5.82. The quantitative estimate of drug-likeness (QED) is 0.827. The number of benzene rings is 2. The summed E-state index contributed by atoms with van der Waals surface area (Å²) in [5.74, 6) is -0.980. The van der Waals surface area contributed by atoms with Crippen molar-refractivity contribution in [3.8, 4) is 11.5 Å². The van der Waals surface area contributed by atoms with Gasteiger partial charge in [0.1, 0.15) is 5.82 Å². The summed E-state index contributed by atoms with van der Waals surface area (Å²) in [6, 6.07) is 7.09. The van der Waals surface area contributed by atoms with E-state index >= 15 is 0 Å². The number of hydrogen-bond donors (Lipinski definition) is 2. The predicted octanol–water partition coefficient (Wildman–Crippen LogP) is 3.28. The van der Waals surface area contributed by atoms with E-state index in [0.29, 0.717) is 17.1 Å². The van der Waals surface area contributed by atoms with E-state index in [-0.39, 0.29) is 22.9 Å². The summed E-state index contributed by atoms with van der Waals surface area (Å²) >= 11 is 0. The second-order valence-electron chi connectivity index (χ2n) is 5.98. The molecule has 0 aromatic heterocycles. The molecular weight excluding hydrogens is 339 g/mol. The van der Waals surface area contributed by atoms with E-state index < -0.39 is 17.6 Å². The molecule has 0 saturated carbocycles. The Morgan fingerprint density at radius 1 is 1.12 bits per heavy atom. The first kappa shape index (κ1) is 19.2. The van der Waals surface area contributed by atoms with E-state index in [2.05, 4.69) is 5.32 Å². The van der Waals surface area contributed by atoms with Crippen molar-refractivity contribution in [2.45, 2.75) is 26.9 Å². The summed E-state index contributed by atoms with van der Waals surface area (Å²) in [4.78, 5) is 23.8. The van der Waals surface area contributed by atoms with Crippen LogP contribution in [0.2, 0.25) is 0 Å². The number of hydrogen-bond acceptors (Lipinski definition) is 4. The van der Waals surface area contributed by atoms with Gasteiger partial charge in [-0.15, -0.1) is 0 Å². The third kappa shape index (κ3) is 4.30. The molecule has 26 heavy (non-hydrogen) atoms. The lowest BCUT2D eigenvalue weighted by atomic mass is 10.1. The van der Waals surface area contributed by atoms with Crippen molar-refractivity contribution < 1.29 is 23.5 Å². The molecule has 0 aliphatic carbocycles. The van der Waals surface area contributed by atoms with E-state index in [0.717, 1.165) is 6.07 Å². The summed E-state index contributed by atoms with van der Waals surface area (Å²) in [5.41, 5.74) is 5.83. The molecule has 0 aliphatic rings. The average Bonchev–Trinajstić information content (AvgIpc) is 2.58. The predicted molar refractivity (Wildman–Crippen MR) is 96.4 cm³/mol. The van der Waals surface area contributed by atoms with Crippen LogP contribution in [0.15, 0.2) is 30.3 Å². The van der Waals surface area contributed by atoms with Crippen LogP contribution in [0.1, 0.15) is 40.1 Å². The molecule has 0 unspecified atom stereocenters. The maximum Gasteiger partial charge on any atom is 0.255 e. The Bertz CT molecular complexity index is 850. The number of amides is 2. The molecule has 6 nitrogen and oxygen atoms in total. The van der Waals surface area contributed by atoms with Gasteiger partial charge < -0.3 is 20.5 Å². The lowest BCUT2D eigenvalue weighted by Crippen LogP contribution is -2.16. The zero-order chi connectivity index (χ0) is 19.4. The Morgan fingerprint density at radius 3 is 2.38 bits per heavy atom. The largest absolute Gasteiger partial charge is 0.493 e. The first-order valence-corrected chi connectivity index (χ1v) is 7.99. The molecule has 2 amide bonds. The first-order chi connectivity index (χ1) is 12.2. The van der Waals surface area contributed by atoms with Crippen molar-refractivity contribution in [2.24, 2.45) is 5.73 Å². The highest BCUT2D eigenvalue weighted by Crippen LogP contribution is 2.29. The fourth-order valence-electron chi connectivity index (χ4n) is 2.31. The molecule has 2 aromatic carbocycles. The van der Waals surface area contributed by atoms with Gasteiger partial charge in [0.25, 0.3) is 5.91 Å². The van der Waals surface area contributed by atoms with Crippen LogP contribution in [0.4, 0.5) is 10.1 Å². The molecular formula is C19H21FN2O4. The molecule has 0 radical (unpaired) electrons. The Hall–Kier alpha value is -3.09. The number of nitrogens with one attached hydrogen (secondary N) is 1. The normalized spacial score (nSPS) is 10.5. The van der Waals surface area contributed by atoms with Crippen molar-refractivity contribution in [3.63, 3.8) is 0 Å². The Morgan fingerprint density at radius 2 is 1.81 bits per heavy atom. The van der Waals surface area contributed by atoms with Gasteiger partial charge in [0, 0.05) is 22.4 Å². The lowest BCUT2D eigenvalue weighted by molar-refractivity contribution is 0.0995. The Balaban J connectivity index is 2.32. The van der Waals surface area contributed by atoms with Crippen LogP contribution in [-0.2, 0) is 0 Å². The highest BCUT2D eigenvalue weighted by Gasteiger charge is 2.16. The van der Waals surface area contributed by atoms with Crippen molar-refractivity contribution in [1.82, 2.24) is 0 Å². The number of carbonyl (C=O) groups is 2. The van der Waals surface area contributed by atoms with E-state index in [4.69, 9.17) is 15.2 Å². The highest BCUT2D eigenvalue weighted by molar-refractivity contribution is 6.06. The number of anilines is 1. The maximum absolute atomic E-state index is 14.0. The minimum Gasteiger partial charge on any atom is -0.493 e. The van der Waals surface area contributed by atoms with E-state index in [9.17, 15) is 14.0 Å². The number of carbonyl (C=O) groups excluding carboxylic acids is 2. The van der Waals surface area contributed by atoms with Gasteiger partial charge >= 0.3 is 0 Å². The fourth-order valence-corrected chi connectivity index (χ4v) is 2.31. The smallest absolute Gasteiger partial charge is 0.255 e. The van der Waals surface area contributed by atoms with Gasteiger partial charge in [0.2, 0.25) is 5.91 Å². The second kappa shape index (κ2) is 7.86. The third-order valence-corrected chi connectivity index (χ3v) is 3.67. The fraction of sp³-hybridized carbons (Fsp3) is 0.263. The van der Waals surface area contributed by atoms with Crippen LogP contribution >= 0.6 is 0 Å². The molecule has 138 valence electrons. The highest BCUT2D eigenvalue weighted by atomic mass is 19.1. The molecule has 0 saturated heterocycles. The van der Waals surface area contributed by atoms with E-state index in [1.807, 2.05) is 13.8 Å². The number of methoxy groups -OCH3 is 1. The summed E-state index contributed by atoms with van der Waals surface area (Å²) in [7, 11) is 1.47. The Labute approximate surface area is 151 Å². The SMILES string of the molecule is COc1cc(C(=O)Nc2cc(C(N)=O)cc(F)c2C)ccc1OC(C)C. The molecule has 3 N–H and O–H groups in total. The number of primary amides is 1. The minimum absolute atomic E-state index is 0.0262. The van der Waals surface area contributed by atoms with Gasteiger partial charge in [-0.2, -0.15) is 0 Å². The third-order valence-electron chi connectivity index (χ3n) is 3.67. The molecule has 0 fully saturated rings. The standard InChI is InChI=1S/C19H21FN2O4/c1-10(2)26-16-6-5-12(9-17(16)25-4)19(24)22-15-8-13(18(21)23)7-14(20)11(15)3/h5-10H,1-4H3,(H2,21,23)(H,22,24). The van der Waals surface area contributed by atoms with Crippen molar-refractivity contribution >= 4 is 17.5 Å². The average molecular weight is 360 g/mol. The van der Waals surface area contributed by atoms with Gasteiger partial charge in [-0.3, -0.25) is 9.59 Å². The topological polar surface area (TPSA) is 90.6 Å². The van der Waals surface area contributed by atoms with Gasteiger partial charge in [-0.05, 0) is 51.1 Å². The maximum atomic E-state index is 14.0. The lowest BCUT2D eigenvalue weighted by Gasteiger charge is -2.15. The van der Waals surface area contributed by atoms with Crippen molar-refractivity contribution in [1.29, 1.82) is 0 Å². The molecule has 0 bridgehead atoms. The zero-order valence-electron chi connectivity index (χ0n) is 15.1. The van der Waals surface area contributed by atoms with Crippen LogP contribution in [0.5, 0.6) is 11.5 Å². The molecule has 2 aromatic rings. The molecule has 7 heteroatoms. The summed E-state index contributed by atoms with van der Waals surface area (Å²) in [6.45, 7) is 5.25. The zero-order valence-corrected chi connectivity index (χ0v) is 15.1. The summed E-state index contributed by atoms with van der Waals surface area (Å²) in [5, 5.41) is 2.59. The summed E-state index contributed by atoms with van der Waals surface area (Å²) in [6.07, 6.45) is -0.0502. The number of nitrogens with two attached hydrogens (primary N) is 1. The molecule has 0 heterocycles. The number of halogens is 1. The molecule has 0 atom stereocenters. The van der Waals surface area contributed by atoms with E-state index in [1.54, 1.807) is 12.1 Å². The molecule has 0 aliphatic heterocycles. The monoisotopic (exact) mass is 360 g/mol. The van der Waals surface area contributed by atoms with Gasteiger partial charge in [-0.25, -0.2) is 4.39 Å². The first-order valence-electron chi connectivity index (χ1n) is 7.99. The van der Waals surface area contributed by atoms with Crippen LogP contribution in [0, 0.1) is 12.7 Å². The summed E-state index contributed by atoms with van der Waals surface area (Å²) < 4.78 is 24.8.